The van der Waals surface area contributed by atoms with Crippen LogP contribution in [0.25, 0.3) is 0 Å². The quantitative estimate of drug-likeness (QED) is 0.181. The van der Waals surface area contributed by atoms with Crippen LogP contribution in [0.3, 0.4) is 0 Å². The van der Waals surface area contributed by atoms with Crippen LogP contribution in [-0.2, 0) is 19.1 Å². The number of halogens is 1. The summed E-state index contributed by atoms with van der Waals surface area (Å²) in [6.07, 6.45) is 0.250. The Kier molecular flexibility index (Phi) is 6.36. The average molecular weight is 517 g/mol. The number of carbonyl (C=O) groups excluding carboxylic acids is 3. The van der Waals surface area contributed by atoms with E-state index in [1.54, 1.807) is 6.92 Å². The molecule has 3 rings (SSSR count). The second kappa shape index (κ2) is 8.61. The number of esters is 2. The smallest absolute Gasteiger partial charge is 0.338 e. The molecule has 2 fully saturated rings. The van der Waals surface area contributed by atoms with Crippen LogP contribution >= 0.6 is 22.6 Å². The summed E-state index contributed by atoms with van der Waals surface area (Å²) < 4.78 is 10.4. The zero-order valence-electron chi connectivity index (χ0n) is 15.6. The van der Waals surface area contributed by atoms with E-state index in [2.05, 4.69) is 33.2 Å². The van der Waals surface area contributed by atoms with E-state index in [0.717, 1.165) is 0 Å². The molecule has 1 saturated heterocycles. The van der Waals surface area contributed by atoms with Gasteiger partial charge in [0.25, 0.3) is 5.69 Å². The van der Waals surface area contributed by atoms with Crippen molar-refractivity contribution in [1.82, 2.24) is 10.6 Å². The molecular weight excluding hydrogens is 497 g/mol. The number of non-ortho nitro benzene ring substituents is 1. The SMILES string of the molecule is CCOC(=O)[C@@]1(NC(=O)[C@@H]2C[C@@H](OC(=O)c3ccc([N+](=O)[O-])cc3)CN2)C[C@H]1I. The van der Waals surface area contributed by atoms with E-state index in [0.29, 0.717) is 6.42 Å². The van der Waals surface area contributed by atoms with Crippen LogP contribution in [0.15, 0.2) is 24.3 Å². The Morgan fingerprint density at radius 3 is 2.55 bits per heavy atom. The maximum atomic E-state index is 12.6. The summed E-state index contributed by atoms with van der Waals surface area (Å²) in [4.78, 5) is 47.1. The normalized spacial score (nSPS) is 27.7. The van der Waals surface area contributed by atoms with Crippen LogP contribution in [0.4, 0.5) is 5.69 Å². The van der Waals surface area contributed by atoms with Gasteiger partial charge in [-0.15, -0.1) is 0 Å². The van der Waals surface area contributed by atoms with Gasteiger partial charge in [-0.1, -0.05) is 22.6 Å². The topological polar surface area (TPSA) is 137 Å². The van der Waals surface area contributed by atoms with E-state index < -0.39 is 34.5 Å². The molecule has 2 aliphatic rings. The van der Waals surface area contributed by atoms with Crippen LogP contribution < -0.4 is 10.6 Å². The Bertz CT molecular complexity index is 831. The molecule has 2 N–H and O–H groups in total. The van der Waals surface area contributed by atoms with Crippen molar-refractivity contribution >= 4 is 46.1 Å². The first-order valence-electron chi connectivity index (χ1n) is 9.09. The highest BCUT2D eigenvalue weighted by atomic mass is 127. The molecule has 4 atom stereocenters. The summed E-state index contributed by atoms with van der Waals surface area (Å²) >= 11 is 2.11. The third-order valence-electron chi connectivity index (χ3n) is 4.86. The average Bonchev–Trinajstić information content (AvgIpc) is 3.11. The summed E-state index contributed by atoms with van der Waals surface area (Å²) in [5, 5.41) is 16.4. The van der Waals surface area contributed by atoms with Crippen LogP contribution in [0.2, 0.25) is 0 Å². The van der Waals surface area contributed by atoms with Gasteiger partial charge in [0, 0.05) is 29.0 Å². The van der Waals surface area contributed by atoms with Crippen LogP contribution in [0.5, 0.6) is 0 Å². The number of benzene rings is 1. The van der Waals surface area contributed by atoms with Crippen molar-refractivity contribution < 1.29 is 28.8 Å². The number of hydrogen-bond donors (Lipinski definition) is 2. The predicted molar refractivity (Wildman–Crippen MR) is 109 cm³/mol. The van der Waals surface area contributed by atoms with Crippen molar-refractivity contribution in [2.45, 2.75) is 41.4 Å². The molecule has 1 amide bonds. The molecule has 1 aliphatic heterocycles. The molecule has 0 unspecified atom stereocenters. The predicted octanol–water partition coefficient (Wildman–Crippen LogP) is 1.11. The lowest BCUT2D eigenvalue weighted by molar-refractivity contribution is -0.384. The Labute approximate surface area is 180 Å². The van der Waals surface area contributed by atoms with Crippen molar-refractivity contribution in [2.75, 3.05) is 13.2 Å². The van der Waals surface area contributed by atoms with Crippen molar-refractivity contribution in [1.29, 1.82) is 0 Å². The first-order chi connectivity index (χ1) is 13.8. The molecule has 1 aliphatic carbocycles. The number of carbonyl (C=O) groups is 3. The number of rotatable bonds is 7. The summed E-state index contributed by atoms with van der Waals surface area (Å²) in [6.45, 7) is 2.24. The fourth-order valence-electron chi connectivity index (χ4n) is 3.11. The van der Waals surface area contributed by atoms with E-state index in [4.69, 9.17) is 9.47 Å². The number of alkyl halides is 1. The lowest BCUT2D eigenvalue weighted by atomic mass is 10.1. The Balaban J connectivity index is 1.53. The highest BCUT2D eigenvalue weighted by molar-refractivity contribution is 14.1. The third-order valence-corrected chi connectivity index (χ3v) is 6.36. The minimum absolute atomic E-state index is 0.0275. The van der Waals surface area contributed by atoms with Gasteiger partial charge < -0.3 is 20.1 Å². The van der Waals surface area contributed by atoms with Gasteiger partial charge in [0.1, 0.15) is 6.10 Å². The monoisotopic (exact) mass is 517 g/mol. The molecular formula is C18H20IN3O7. The van der Waals surface area contributed by atoms with Gasteiger partial charge in [-0.3, -0.25) is 14.9 Å². The number of ether oxygens (including phenoxy) is 2. The molecule has 11 heteroatoms. The minimum Gasteiger partial charge on any atom is -0.464 e. The molecule has 0 radical (unpaired) electrons. The van der Waals surface area contributed by atoms with Gasteiger partial charge in [0.05, 0.1) is 23.1 Å². The Morgan fingerprint density at radius 1 is 1.34 bits per heavy atom. The lowest BCUT2D eigenvalue weighted by Gasteiger charge is -2.19. The molecule has 1 aromatic rings. The van der Waals surface area contributed by atoms with Crippen molar-refractivity contribution in [3.8, 4) is 0 Å². The van der Waals surface area contributed by atoms with Crippen LogP contribution in [0, 0.1) is 10.1 Å². The van der Waals surface area contributed by atoms with Crippen molar-refractivity contribution in [2.24, 2.45) is 0 Å². The van der Waals surface area contributed by atoms with E-state index in [-0.39, 0.29) is 40.7 Å². The molecule has 1 heterocycles. The van der Waals surface area contributed by atoms with Gasteiger partial charge in [-0.2, -0.15) is 0 Å². The van der Waals surface area contributed by atoms with Crippen molar-refractivity contribution in [3.63, 3.8) is 0 Å². The summed E-state index contributed by atoms with van der Waals surface area (Å²) in [5.74, 6) is -1.40. The fourth-order valence-corrected chi connectivity index (χ4v) is 4.22. The zero-order chi connectivity index (χ0) is 21.2. The molecule has 0 aromatic heterocycles. The maximum absolute atomic E-state index is 12.6. The summed E-state index contributed by atoms with van der Waals surface area (Å²) in [7, 11) is 0. The molecule has 10 nitrogen and oxygen atoms in total. The first-order valence-corrected chi connectivity index (χ1v) is 10.3. The number of nitrogens with zero attached hydrogens (tertiary/aromatic N) is 1. The standard InChI is InChI=1S/C18H20IN3O7/c1-2-28-17(25)18(8-14(18)19)21-15(23)13-7-12(9-20-13)29-16(24)10-3-5-11(6-4-10)22(26)27/h3-6,12-14,20H,2,7-9H2,1H3,(H,21,23)/t12-,13+,14-,18-/m1/s1. The van der Waals surface area contributed by atoms with Crippen LogP contribution in [0.1, 0.15) is 30.1 Å². The van der Waals surface area contributed by atoms with E-state index in [1.807, 2.05) is 0 Å². The number of hydrogen-bond acceptors (Lipinski definition) is 8. The largest absolute Gasteiger partial charge is 0.464 e. The first kappa shape index (κ1) is 21.4. The fraction of sp³-hybridized carbons (Fsp3) is 0.500. The second-order valence-electron chi connectivity index (χ2n) is 6.88. The van der Waals surface area contributed by atoms with Gasteiger partial charge in [-0.05, 0) is 25.5 Å². The lowest BCUT2D eigenvalue weighted by Crippen LogP contribution is -2.51. The zero-order valence-corrected chi connectivity index (χ0v) is 17.7. The van der Waals surface area contributed by atoms with Gasteiger partial charge >= 0.3 is 11.9 Å². The molecule has 0 spiro atoms. The van der Waals surface area contributed by atoms with Gasteiger partial charge in [-0.25, -0.2) is 9.59 Å². The number of nitrogens with one attached hydrogen (secondary N) is 2. The second-order valence-corrected chi connectivity index (χ2v) is 8.38. The number of nitro groups is 1. The maximum Gasteiger partial charge on any atom is 0.338 e. The Hall–Kier alpha value is -2.28. The minimum atomic E-state index is -0.983. The summed E-state index contributed by atoms with van der Waals surface area (Å²) in [6, 6.07) is 4.50. The Morgan fingerprint density at radius 2 is 2.00 bits per heavy atom. The van der Waals surface area contributed by atoms with E-state index in [1.165, 1.54) is 24.3 Å². The summed E-state index contributed by atoms with van der Waals surface area (Å²) in [5.41, 5.74) is -0.913. The molecule has 1 saturated carbocycles. The molecule has 1 aromatic carbocycles. The molecule has 156 valence electrons. The van der Waals surface area contributed by atoms with E-state index in [9.17, 15) is 24.5 Å². The molecule has 0 bridgehead atoms. The van der Waals surface area contributed by atoms with Crippen molar-refractivity contribution in [3.05, 3.63) is 39.9 Å². The third kappa shape index (κ3) is 4.66. The molecule has 29 heavy (non-hydrogen) atoms. The highest BCUT2D eigenvalue weighted by Crippen LogP contribution is 2.44. The van der Waals surface area contributed by atoms with E-state index >= 15 is 0 Å². The van der Waals surface area contributed by atoms with Gasteiger partial charge in [0.15, 0.2) is 5.54 Å². The van der Waals surface area contributed by atoms with Crippen LogP contribution in [-0.4, -0.2) is 57.5 Å². The highest BCUT2D eigenvalue weighted by Gasteiger charge is 2.62. The number of amides is 1. The van der Waals surface area contributed by atoms with Gasteiger partial charge in [0.2, 0.25) is 5.91 Å². The number of nitro benzene ring substituents is 1.